The molecule has 4 heteroatoms. The maximum absolute atomic E-state index is 12.4. The van der Waals surface area contributed by atoms with E-state index in [1.807, 2.05) is 4.90 Å². The van der Waals surface area contributed by atoms with E-state index in [-0.39, 0.29) is 12.0 Å². The molecule has 0 saturated carbocycles. The second-order valence-corrected chi connectivity index (χ2v) is 6.26. The highest BCUT2D eigenvalue weighted by Gasteiger charge is 2.29. The molecule has 0 spiro atoms. The molecule has 22 heavy (non-hydrogen) atoms. The van der Waals surface area contributed by atoms with Gasteiger partial charge in [-0.25, -0.2) is 0 Å². The molecule has 0 aromatic heterocycles. The van der Waals surface area contributed by atoms with Gasteiger partial charge in [-0.2, -0.15) is 0 Å². The molecule has 4 nitrogen and oxygen atoms in total. The van der Waals surface area contributed by atoms with Crippen molar-refractivity contribution in [2.24, 2.45) is 0 Å². The number of hydrogen-bond donors (Lipinski definition) is 0. The summed E-state index contributed by atoms with van der Waals surface area (Å²) in [5.41, 5.74) is 1.39. The average molecular weight is 302 g/mol. The molecule has 0 N–H and O–H groups in total. The highest BCUT2D eigenvalue weighted by molar-refractivity contribution is 5.81. The van der Waals surface area contributed by atoms with E-state index in [4.69, 9.17) is 4.74 Å². The van der Waals surface area contributed by atoms with Crippen LogP contribution in [-0.2, 0) is 16.0 Å². The minimum Gasteiger partial charge on any atom is -0.368 e. The minimum absolute atomic E-state index is 0.176. The Bertz CT molecular complexity index is 463. The molecular formula is C18H26N2O2. The van der Waals surface area contributed by atoms with Crippen molar-refractivity contribution in [2.45, 2.75) is 31.8 Å². The number of nitrogens with zero attached hydrogens (tertiary/aromatic N) is 2. The zero-order chi connectivity index (χ0) is 15.2. The van der Waals surface area contributed by atoms with Crippen LogP contribution in [0.4, 0.5) is 0 Å². The first-order chi connectivity index (χ1) is 10.8. The Labute approximate surface area is 133 Å². The molecule has 1 amide bonds. The van der Waals surface area contributed by atoms with Crippen molar-refractivity contribution in [1.29, 1.82) is 0 Å². The average Bonchev–Trinajstić information content (AvgIpc) is 2.61. The van der Waals surface area contributed by atoms with Crippen LogP contribution in [0.3, 0.4) is 0 Å². The van der Waals surface area contributed by atoms with Crippen LogP contribution in [0, 0.1) is 0 Å². The first kappa shape index (κ1) is 15.5. The Morgan fingerprint density at radius 3 is 2.55 bits per heavy atom. The molecule has 120 valence electrons. The van der Waals surface area contributed by atoms with E-state index < -0.39 is 0 Å². The lowest BCUT2D eigenvalue weighted by molar-refractivity contribution is -0.148. The maximum atomic E-state index is 12.4. The van der Waals surface area contributed by atoms with Crippen LogP contribution in [-0.4, -0.2) is 61.1 Å². The van der Waals surface area contributed by atoms with Crippen molar-refractivity contribution < 1.29 is 9.53 Å². The minimum atomic E-state index is -0.176. The van der Waals surface area contributed by atoms with Gasteiger partial charge < -0.3 is 9.64 Å². The zero-order valence-electron chi connectivity index (χ0n) is 13.2. The Kier molecular flexibility index (Phi) is 5.46. The van der Waals surface area contributed by atoms with Crippen LogP contribution in [0.1, 0.15) is 24.8 Å². The Morgan fingerprint density at radius 2 is 1.86 bits per heavy atom. The summed E-state index contributed by atoms with van der Waals surface area (Å²) in [5, 5.41) is 0. The number of carbonyl (C=O) groups excluding carboxylic acids is 1. The van der Waals surface area contributed by atoms with E-state index in [0.29, 0.717) is 0 Å². The van der Waals surface area contributed by atoms with E-state index in [2.05, 4.69) is 35.2 Å². The summed E-state index contributed by atoms with van der Waals surface area (Å²) in [6.45, 7) is 5.46. The van der Waals surface area contributed by atoms with Gasteiger partial charge in [-0.05, 0) is 31.2 Å². The summed E-state index contributed by atoms with van der Waals surface area (Å²) in [6.07, 6.45) is 4.02. The molecule has 1 atom stereocenters. The van der Waals surface area contributed by atoms with Gasteiger partial charge in [0, 0.05) is 39.3 Å². The second-order valence-electron chi connectivity index (χ2n) is 6.26. The molecule has 1 aromatic carbocycles. The molecule has 2 saturated heterocycles. The molecule has 0 bridgehead atoms. The fraction of sp³-hybridized carbons (Fsp3) is 0.611. The monoisotopic (exact) mass is 302 g/mol. The van der Waals surface area contributed by atoms with Crippen molar-refractivity contribution in [3.05, 3.63) is 35.9 Å². The van der Waals surface area contributed by atoms with E-state index in [0.717, 1.165) is 65.0 Å². The Balaban J connectivity index is 1.41. The third-order valence-electron chi connectivity index (χ3n) is 4.70. The summed E-state index contributed by atoms with van der Waals surface area (Å²) in [7, 11) is 0. The summed E-state index contributed by atoms with van der Waals surface area (Å²) < 4.78 is 5.62. The van der Waals surface area contributed by atoms with Crippen LogP contribution in [0.5, 0.6) is 0 Å². The standard InChI is InChI=1S/C18H26N2O2/c21-18(17-8-4-5-15-22-17)20-13-11-19(12-14-20)10-9-16-6-2-1-3-7-16/h1-3,6-7,17H,4-5,8-15H2/t17-/m0/s1. The number of hydrogen-bond acceptors (Lipinski definition) is 3. The van der Waals surface area contributed by atoms with Crippen molar-refractivity contribution in [3.8, 4) is 0 Å². The lowest BCUT2D eigenvalue weighted by atomic mass is 10.1. The van der Waals surface area contributed by atoms with E-state index in [1.54, 1.807) is 0 Å². The molecular weight excluding hydrogens is 276 g/mol. The number of ether oxygens (including phenoxy) is 1. The second kappa shape index (κ2) is 7.75. The van der Waals surface area contributed by atoms with Gasteiger partial charge in [0.2, 0.25) is 0 Å². The van der Waals surface area contributed by atoms with Gasteiger partial charge in [-0.1, -0.05) is 30.3 Å². The third kappa shape index (κ3) is 4.08. The smallest absolute Gasteiger partial charge is 0.251 e. The van der Waals surface area contributed by atoms with Crippen molar-refractivity contribution >= 4 is 5.91 Å². The fourth-order valence-electron chi connectivity index (χ4n) is 3.26. The Hall–Kier alpha value is -1.39. The molecule has 1 aromatic rings. The van der Waals surface area contributed by atoms with Crippen molar-refractivity contribution in [3.63, 3.8) is 0 Å². The molecule has 0 aliphatic carbocycles. The van der Waals surface area contributed by atoms with Gasteiger partial charge in [0.15, 0.2) is 0 Å². The molecule has 0 unspecified atom stereocenters. The van der Waals surface area contributed by atoms with Gasteiger partial charge in [-0.3, -0.25) is 9.69 Å². The molecule has 2 heterocycles. The molecule has 0 radical (unpaired) electrons. The summed E-state index contributed by atoms with van der Waals surface area (Å²) in [4.78, 5) is 16.9. The van der Waals surface area contributed by atoms with Gasteiger partial charge >= 0.3 is 0 Å². The largest absolute Gasteiger partial charge is 0.368 e. The SMILES string of the molecule is O=C([C@@H]1CCCCO1)N1CCN(CCc2ccccc2)CC1. The third-order valence-corrected chi connectivity index (χ3v) is 4.70. The molecule has 2 fully saturated rings. The quantitative estimate of drug-likeness (QED) is 0.852. The summed E-state index contributed by atoms with van der Waals surface area (Å²) >= 11 is 0. The van der Waals surface area contributed by atoms with Gasteiger partial charge in [0.25, 0.3) is 5.91 Å². The Morgan fingerprint density at radius 1 is 1.09 bits per heavy atom. The molecule has 2 aliphatic rings. The van der Waals surface area contributed by atoms with Crippen LogP contribution >= 0.6 is 0 Å². The number of benzene rings is 1. The van der Waals surface area contributed by atoms with E-state index in [1.165, 1.54) is 5.56 Å². The van der Waals surface area contributed by atoms with Crippen LogP contribution in [0.2, 0.25) is 0 Å². The highest BCUT2D eigenvalue weighted by atomic mass is 16.5. The topological polar surface area (TPSA) is 32.8 Å². The predicted octanol–water partition coefficient (Wildman–Crippen LogP) is 1.94. The van der Waals surface area contributed by atoms with Gasteiger partial charge in [0.1, 0.15) is 6.10 Å². The first-order valence-electron chi connectivity index (χ1n) is 8.49. The zero-order valence-corrected chi connectivity index (χ0v) is 13.2. The molecule has 2 aliphatic heterocycles. The summed E-state index contributed by atoms with van der Waals surface area (Å²) in [5.74, 6) is 0.211. The predicted molar refractivity (Wildman–Crippen MR) is 86.8 cm³/mol. The number of amides is 1. The number of carbonyl (C=O) groups is 1. The maximum Gasteiger partial charge on any atom is 0.251 e. The van der Waals surface area contributed by atoms with E-state index >= 15 is 0 Å². The fourth-order valence-corrected chi connectivity index (χ4v) is 3.26. The summed E-state index contributed by atoms with van der Waals surface area (Å²) in [6, 6.07) is 10.6. The molecule has 3 rings (SSSR count). The van der Waals surface area contributed by atoms with Crippen LogP contribution < -0.4 is 0 Å². The first-order valence-corrected chi connectivity index (χ1v) is 8.49. The highest BCUT2D eigenvalue weighted by Crippen LogP contribution is 2.16. The number of rotatable bonds is 4. The van der Waals surface area contributed by atoms with Crippen molar-refractivity contribution in [1.82, 2.24) is 9.80 Å². The lowest BCUT2D eigenvalue weighted by Crippen LogP contribution is -2.52. The van der Waals surface area contributed by atoms with Gasteiger partial charge in [0.05, 0.1) is 0 Å². The van der Waals surface area contributed by atoms with Gasteiger partial charge in [-0.15, -0.1) is 0 Å². The van der Waals surface area contributed by atoms with E-state index in [9.17, 15) is 4.79 Å². The van der Waals surface area contributed by atoms with Crippen LogP contribution in [0.15, 0.2) is 30.3 Å². The lowest BCUT2D eigenvalue weighted by Gasteiger charge is -2.37. The van der Waals surface area contributed by atoms with Crippen molar-refractivity contribution in [2.75, 3.05) is 39.3 Å². The van der Waals surface area contributed by atoms with Crippen LogP contribution in [0.25, 0.3) is 0 Å². The number of piperazine rings is 1. The normalized spacial score (nSPS) is 23.5.